The van der Waals surface area contributed by atoms with Crippen LogP contribution in [0.3, 0.4) is 0 Å². The van der Waals surface area contributed by atoms with Gasteiger partial charge in [-0.2, -0.15) is 0 Å². The molecule has 0 spiro atoms. The molecule has 0 aliphatic rings. The highest BCUT2D eigenvalue weighted by Gasteiger charge is 2.08. The Balaban J connectivity index is 1.60. The van der Waals surface area contributed by atoms with E-state index in [-0.39, 0.29) is 5.91 Å². The molecule has 0 fully saturated rings. The maximum atomic E-state index is 11.1. The van der Waals surface area contributed by atoms with E-state index in [0.29, 0.717) is 11.5 Å². The van der Waals surface area contributed by atoms with Gasteiger partial charge in [0.15, 0.2) is 5.65 Å². The van der Waals surface area contributed by atoms with Crippen molar-refractivity contribution in [1.82, 2.24) is 19.9 Å². The van der Waals surface area contributed by atoms with E-state index in [1.165, 1.54) is 6.92 Å². The fourth-order valence-corrected chi connectivity index (χ4v) is 2.60. The second-order valence-electron chi connectivity index (χ2n) is 5.77. The Morgan fingerprint density at radius 2 is 1.69 bits per heavy atom. The van der Waals surface area contributed by atoms with E-state index >= 15 is 0 Å². The maximum Gasteiger partial charge on any atom is 0.221 e. The fourth-order valence-electron chi connectivity index (χ4n) is 2.60. The summed E-state index contributed by atoms with van der Waals surface area (Å²) in [6.45, 7) is 1.48. The number of hydrogen-bond donors (Lipinski definition) is 3. The number of hydrogen-bond acceptors (Lipinski definition) is 5. The summed E-state index contributed by atoms with van der Waals surface area (Å²) in [5.41, 5.74) is 4.06. The number of benzene rings is 1. The van der Waals surface area contributed by atoms with Crippen LogP contribution in [0, 0.1) is 0 Å². The zero-order chi connectivity index (χ0) is 17.9. The molecule has 26 heavy (non-hydrogen) atoms. The van der Waals surface area contributed by atoms with E-state index in [9.17, 15) is 4.79 Å². The van der Waals surface area contributed by atoms with Gasteiger partial charge in [0.05, 0.1) is 5.52 Å². The largest absolute Gasteiger partial charge is 0.340 e. The Kier molecular flexibility index (Phi) is 4.03. The number of carbonyl (C=O) groups is 1. The van der Waals surface area contributed by atoms with E-state index < -0.39 is 0 Å². The summed E-state index contributed by atoms with van der Waals surface area (Å²) in [6, 6.07) is 15.1. The zero-order valence-corrected chi connectivity index (χ0v) is 14.0. The quantitative estimate of drug-likeness (QED) is 0.524. The molecule has 1 amide bonds. The van der Waals surface area contributed by atoms with Gasteiger partial charge in [-0.05, 0) is 48.5 Å². The molecule has 0 aliphatic heterocycles. The number of pyridine rings is 2. The van der Waals surface area contributed by atoms with Gasteiger partial charge in [0.2, 0.25) is 5.91 Å². The summed E-state index contributed by atoms with van der Waals surface area (Å²) in [5.74, 6) is 1.34. The number of rotatable bonds is 4. The maximum absolute atomic E-state index is 11.1. The number of H-pyrrole nitrogens is 1. The number of nitrogens with one attached hydrogen (secondary N) is 3. The first-order valence-electron chi connectivity index (χ1n) is 8.09. The molecular formula is C19H16N6O. The summed E-state index contributed by atoms with van der Waals surface area (Å²) in [6.07, 6.45) is 3.44. The van der Waals surface area contributed by atoms with Crippen LogP contribution in [0.25, 0.3) is 22.6 Å². The number of aromatic nitrogens is 4. The third-order valence-corrected chi connectivity index (χ3v) is 3.78. The van der Waals surface area contributed by atoms with Crippen molar-refractivity contribution in [3.8, 4) is 11.4 Å². The second-order valence-corrected chi connectivity index (χ2v) is 5.77. The summed E-state index contributed by atoms with van der Waals surface area (Å²) >= 11 is 0. The minimum atomic E-state index is -0.0973. The summed E-state index contributed by atoms with van der Waals surface area (Å²) in [4.78, 5) is 27.5. The van der Waals surface area contributed by atoms with E-state index in [4.69, 9.17) is 0 Å². The lowest BCUT2D eigenvalue weighted by Crippen LogP contribution is -2.05. The van der Waals surface area contributed by atoms with E-state index in [0.717, 1.165) is 28.3 Å². The average Bonchev–Trinajstić information content (AvgIpc) is 3.06. The molecule has 0 saturated heterocycles. The van der Waals surface area contributed by atoms with E-state index in [2.05, 4.69) is 30.6 Å². The normalized spacial score (nSPS) is 10.7. The van der Waals surface area contributed by atoms with Crippen LogP contribution in [-0.2, 0) is 4.79 Å². The van der Waals surface area contributed by atoms with Crippen molar-refractivity contribution in [3.63, 3.8) is 0 Å². The molecule has 0 atom stereocenters. The Morgan fingerprint density at radius 3 is 2.42 bits per heavy atom. The summed E-state index contributed by atoms with van der Waals surface area (Å²) in [5, 5.41) is 5.97. The van der Waals surface area contributed by atoms with Crippen molar-refractivity contribution in [2.45, 2.75) is 6.92 Å². The third kappa shape index (κ3) is 3.36. The first kappa shape index (κ1) is 15.8. The Labute approximate surface area is 149 Å². The first-order chi connectivity index (χ1) is 12.7. The van der Waals surface area contributed by atoms with Crippen molar-refractivity contribution in [2.75, 3.05) is 10.6 Å². The SMILES string of the molecule is CC(=O)Nc1ccc(-c2nc3nc(Nc4ccncc4)ccc3[nH]2)cc1. The molecule has 7 heteroatoms. The molecule has 0 radical (unpaired) electrons. The third-order valence-electron chi connectivity index (χ3n) is 3.78. The fraction of sp³-hybridized carbons (Fsp3) is 0.0526. The van der Waals surface area contributed by atoms with Gasteiger partial charge in [-0.3, -0.25) is 9.78 Å². The number of amides is 1. The molecule has 4 aromatic rings. The van der Waals surface area contributed by atoms with Crippen molar-refractivity contribution in [1.29, 1.82) is 0 Å². The molecule has 3 heterocycles. The lowest BCUT2D eigenvalue weighted by molar-refractivity contribution is -0.114. The van der Waals surface area contributed by atoms with Crippen LogP contribution in [0.1, 0.15) is 6.92 Å². The van der Waals surface area contributed by atoms with Crippen LogP contribution in [0.15, 0.2) is 60.9 Å². The van der Waals surface area contributed by atoms with Crippen molar-refractivity contribution < 1.29 is 4.79 Å². The van der Waals surface area contributed by atoms with Gasteiger partial charge in [-0.15, -0.1) is 0 Å². The van der Waals surface area contributed by atoms with Crippen LogP contribution in [-0.4, -0.2) is 25.8 Å². The van der Waals surface area contributed by atoms with Crippen LogP contribution < -0.4 is 10.6 Å². The first-order valence-corrected chi connectivity index (χ1v) is 8.09. The van der Waals surface area contributed by atoms with Crippen molar-refractivity contribution in [3.05, 3.63) is 60.9 Å². The number of fused-ring (bicyclic) bond motifs is 1. The zero-order valence-electron chi connectivity index (χ0n) is 14.0. The minimum absolute atomic E-state index is 0.0973. The van der Waals surface area contributed by atoms with Gasteiger partial charge in [-0.1, -0.05) is 0 Å². The predicted octanol–water partition coefficient (Wildman–Crippen LogP) is 3.72. The number of aromatic amines is 1. The summed E-state index contributed by atoms with van der Waals surface area (Å²) in [7, 11) is 0. The van der Waals surface area contributed by atoms with Crippen LogP contribution >= 0.6 is 0 Å². The molecule has 7 nitrogen and oxygen atoms in total. The topological polar surface area (TPSA) is 95.6 Å². The Hall–Kier alpha value is -3.74. The molecule has 1 aromatic carbocycles. The molecular weight excluding hydrogens is 328 g/mol. The van der Waals surface area contributed by atoms with Gasteiger partial charge in [0.25, 0.3) is 0 Å². The van der Waals surface area contributed by atoms with E-state index in [1.807, 2.05) is 48.5 Å². The van der Waals surface area contributed by atoms with Crippen molar-refractivity contribution in [2.24, 2.45) is 0 Å². The number of anilines is 3. The lowest BCUT2D eigenvalue weighted by Gasteiger charge is -2.03. The molecule has 3 N–H and O–H groups in total. The monoisotopic (exact) mass is 344 g/mol. The summed E-state index contributed by atoms with van der Waals surface area (Å²) < 4.78 is 0. The van der Waals surface area contributed by atoms with E-state index in [1.54, 1.807) is 12.4 Å². The second kappa shape index (κ2) is 6.64. The number of imidazole rings is 1. The van der Waals surface area contributed by atoms with Gasteiger partial charge < -0.3 is 15.6 Å². The highest BCUT2D eigenvalue weighted by Crippen LogP contribution is 2.23. The predicted molar refractivity (Wildman–Crippen MR) is 101 cm³/mol. The highest BCUT2D eigenvalue weighted by atomic mass is 16.1. The Morgan fingerprint density at radius 1 is 0.923 bits per heavy atom. The molecule has 3 aromatic heterocycles. The number of carbonyl (C=O) groups excluding carboxylic acids is 1. The highest BCUT2D eigenvalue weighted by molar-refractivity contribution is 5.89. The van der Waals surface area contributed by atoms with Gasteiger partial charge >= 0.3 is 0 Å². The lowest BCUT2D eigenvalue weighted by atomic mass is 10.2. The van der Waals surface area contributed by atoms with Gasteiger partial charge in [-0.25, -0.2) is 9.97 Å². The molecule has 0 aliphatic carbocycles. The number of nitrogens with zero attached hydrogens (tertiary/aromatic N) is 3. The minimum Gasteiger partial charge on any atom is -0.340 e. The smallest absolute Gasteiger partial charge is 0.221 e. The molecule has 0 saturated carbocycles. The average molecular weight is 344 g/mol. The Bertz CT molecular complexity index is 1060. The molecule has 0 bridgehead atoms. The molecule has 4 rings (SSSR count). The van der Waals surface area contributed by atoms with Crippen LogP contribution in [0.4, 0.5) is 17.2 Å². The van der Waals surface area contributed by atoms with Gasteiger partial charge in [0.1, 0.15) is 11.6 Å². The molecule has 128 valence electrons. The standard InChI is InChI=1S/C19H16N6O/c1-12(26)21-14-4-2-13(3-5-14)18-23-16-6-7-17(24-19(16)25-18)22-15-8-10-20-11-9-15/h2-11H,1H3,(H,21,26)(H2,20,22,23,24,25). The van der Waals surface area contributed by atoms with Crippen LogP contribution in [0.5, 0.6) is 0 Å². The van der Waals surface area contributed by atoms with Crippen molar-refractivity contribution >= 4 is 34.3 Å². The van der Waals surface area contributed by atoms with Crippen LogP contribution in [0.2, 0.25) is 0 Å². The molecule has 0 unspecified atom stereocenters. The van der Waals surface area contributed by atoms with Gasteiger partial charge in [0, 0.05) is 36.3 Å².